The van der Waals surface area contributed by atoms with Crippen molar-refractivity contribution in [1.82, 2.24) is 0 Å². The van der Waals surface area contributed by atoms with Crippen molar-refractivity contribution in [3.63, 3.8) is 0 Å². The number of phosphoric acid groups is 2. The molecule has 16 nitrogen and oxygen atoms in total. The Kier molecular flexibility index (Phi) is 65.0. The van der Waals surface area contributed by atoms with Gasteiger partial charge in [0.05, 0.1) is 26.4 Å². The summed E-state index contributed by atoms with van der Waals surface area (Å²) in [6.45, 7) is 2.39. The molecule has 0 amide bonds. The van der Waals surface area contributed by atoms with Gasteiger partial charge in [0.1, 0.15) is 25.4 Å². The van der Waals surface area contributed by atoms with Crippen LogP contribution in [-0.4, -0.2) is 95.9 Å². The van der Waals surface area contributed by atoms with Gasteiger partial charge >= 0.3 is 33.6 Å². The number of rotatable bonds is 67. The van der Waals surface area contributed by atoms with Gasteiger partial charge in [0.2, 0.25) is 0 Å². The summed E-state index contributed by atoms with van der Waals surface area (Å²) >= 11 is 0. The number of carbonyl (C=O) groups is 3. The van der Waals surface area contributed by atoms with E-state index in [9.17, 15) is 43.5 Å². The van der Waals surface area contributed by atoms with E-state index in [1.807, 2.05) is 0 Å². The second-order valence-electron chi connectivity index (χ2n) is 23.6. The molecule has 0 aliphatic carbocycles. The van der Waals surface area contributed by atoms with Crippen molar-refractivity contribution in [2.24, 2.45) is 0 Å². The third kappa shape index (κ3) is 69.1. The lowest BCUT2D eigenvalue weighted by Gasteiger charge is -2.21. The number of carbonyl (C=O) groups excluding carboxylic acids is 3. The molecule has 0 aliphatic rings. The number of aliphatic hydroxyl groups excluding tert-OH is 2. The van der Waals surface area contributed by atoms with Crippen LogP contribution in [0.1, 0.15) is 278 Å². The predicted octanol–water partition coefficient (Wildman–Crippen LogP) is 20.2. The van der Waals surface area contributed by atoms with Gasteiger partial charge < -0.3 is 34.2 Å². The van der Waals surface area contributed by atoms with Crippen LogP contribution in [0.2, 0.25) is 0 Å². The summed E-state index contributed by atoms with van der Waals surface area (Å²) in [5.74, 6) is -1.61. The third-order valence-electron chi connectivity index (χ3n) is 14.7. The largest absolute Gasteiger partial charge is 0.472 e. The number of ether oxygens (including phenoxy) is 3. The van der Waals surface area contributed by atoms with Gasteiger partial charge in [0, 0.05) is 19.3 Å². The summed E-state index contributed by atoms with van der Waals surface area (Å²) in [6.07, 6.45) is 78.3. The Morgan fingerprint density at radius 3 is 0.914 bits per heavy atom. The first kappa shape index (κ1) is 89.0. The summed E-state index contributed by atoms with van der Waals surface area (Å²) in [4.78, 5) is 58.4. The molecule has 93 heavy (non-hydrogen) atoms. The van der Waals surface area contributed by atoms with E-state index in [1.165, 1.54) is 83.5 Å². The van der Waals surface area contributed by atoms with Crippen LogP contribution in [0.4, 0.5) is 0 Å². The zero-order valence-electron chi connectivity index (χ0n) is 57.9. The molecule has 5 unspecified atom stereocenters. The van der Waals surface area contributed by atoms with Crippen molar-refractivity contribution in [3.05, 3.63) is 122 Å². The van der Waals surface area contributed by atoms with Crippen LogP contribution in [0, 0.1) is 0 Å². The molecule has 0 aromatic heterocycles. The van der Waals surface area contributed by atoms with Gasteiger partial charge in [-0.15, -0.1) is 0 Å². The number of hydrogen-bond donors (Lipinski definition) is 4. The summed E-state index contributed by atoms with van der Waals surface area (Å²) in [5.41, 5.74) is 0. The van der Waals surface area contributed by atoms with E-state index in [4.69, 9.17) is 32.3 Å². The van der Waals surface area contributed by atoms with E-state index in [2.05, 4.69) is 142 Å². The van der Waals surface area contributed by atoms with E-state index < -0.39 is 91.5 Å². The Morgan fingerprint density at radius 2 is 0.570 bits per heavy atom. The molecule has 5 atom stereocenters. The highest BCUT2D eigenvalue weighted by molar-refractivity contribution is 7.47. The van der Waals surface area contributed by atoms with Crippen LogP contribution in [0.25, 0.3) is 0 Å². The number of esters is 3. The van der Waals surface area contributed by atoms with Crippen LogP contribution in [-0.2, 0) is 55.8 Å². The molecular formula is C75H128O16P2. The van der Waals surface area contributed by atoms with Crippen molar-refractivity contribution >= 4 is 33.6 Å². The first-order valence-electron chi connectivity index (χ1n) is 35.8. The van der Waals surface area contributed by atoms with Crippen LogP contribution in [0.5, 0.6) is 0 Å². The Labute approximate surface area is 563 Å². The number of phosphoric ester groups is 2. The van der Waals surface area contributed by atoms with Gasteiger partial charge in [0.25, 0.3) is 0 Å². The zero-order chi connectivity index (χ0) is 68.1. The Hall–Kier alpha value is -4.05. The van der Waals surface area contributed by atoms with Gasteiger partial charge in [-0.1, -0.05) is 271 Å². The average molecular weight is 1350 g/mol. The molecule has 0 saturated carbocycles. The molecule has 0 rings (SSSR count). The highest BCUT2D eigenvalue weighted by Crippen LogP contribution is 2.45. The average Bonchev–Trinajstić information content (AvgIpc) is 2.94. The lowest BCUT2D eigenvalue weighted by Crippen LogP contribution is -2.30. The fourth-order valence-electron chi connectivity index (χ4n) is 9.27. The molecule has 0 saturated heterocycles. The van der Waals surface area contributed by atoms with Gasteiger partial charge in [-0.2, -0.15) is 0 Å². The van der Waals surface area contributed by atoms with Gasteiger partial charge in [0.15, 0.2) is 6.10 Å². The summed E-state index contributed by atoms with van der Waals surface area (Å²) in [7, 11) is -9.78. The van der Waals surface area contributed by atoms with Crippen LogP contribution in [0.15, 0.2) is 122 Å². The molecule has 0 aromatic carbocycles. The van der Waals surface area contributed by atoms with Gasteiger partial charge in [-0.05, 0) is 109 Å². The molecule has 0 heterocycles. The minimum Gasteiger partial charge on any atom is -0.463 e. The van der Waals surface area contributed by atoms with Crippen molar-refractivity contribution < 1.29 is 75.8 Å². The monoisotopic (exact) mass is 1350 g/mol. The normalized spacial score (nSPS) is 14.9. The van der Waals surface area contributed by atoms with Crippen molar-refractivity contribution in [3.8, 4) is 0 Å². The van der Waals surface area contributed by atoms with E-state index in [0.29, 0.717) is 19.3 Å². The van der Waals surface area contributed by atoms with E-state index in [-0.39, 0.29) is 19.3 Å². The maximum absolute atomic E-state index is 12.9. The summed E-state index contributed by atoms with van der Waals surface area (Å²) in [6, 6.07) is 0. The number of allylic oxidation sites excluding steroid dienone is 20. The Morgan fingerprint density at radius 1 is 0.312 bits per heavy atom. The fourth-order valence-corrected chi connectivity index (χ4v) is 10.9. The summed E-state index contributed by atoms with van der Waals surface area (Å²) < 4.78 is 60.9. The molecule has 0 spiro atoms. The second kappa shape index (κ2) is 67.9. The lowest BCUT2D eigenvalue weighted by atomic mass is 10.0. The maximum atomic E-state index is 12.9. The quantitative estimate of drug-likeness (QED) is 0.0146. The SMILES string of the molecule is CC/C=C\C/C=C\C/C=C\C/C=C\C/C=C\CCCCCCCCCCCCCC(=O)OCC(O)COP(=O)(O)OCC(O)COP(=O)(O)OCC(COC(=O)CCCCC/C=C\C/C=C\C/C=C\C/C=C\C/C=C\CC)OC(=O)CCCCCCCCCCCCC. The Balaban J connectivity index is 4.51. The second-order valence-corrected chi connectivity index (χ2v) is 26.5. The van der Waals surface area contributed by atoms with E-state index in [0.717, 1.165) is 135 Å². The minimum atomic E-state index is -4.93. The molecule has 0 aliphatic heterocycles. The molecule has 0 fully saturated rings. The highest BCUT2D eigenvalue weighted by atomic mass is 31.2. The van der Waals surface area contributed by atoms with Crippen LogP contribution >= 0.6 is 15.6 Å². The van der Waals surface area contributed by atoms with Gasteiger partial charge in [-0.25, -0.2) is 9.13 Å². The van der Waals surface area contributed by atoms with E-state index >= 15 is 0 Å². The molecule has 4 N–H and O–H groups in total. The van der Waals surface area contributed by atoms with Crippen molar-refractivity contribution in [1.29, 1.82) is 0 Å². The highest BCUT2D eigenvalue weighted by Gasteiger charge is 2.29. The predicted molar refractivity (Wildman–Crippen MR) is 380 cm³/mol. The molecule has 0 bridgehead atoms. The van der Waals surface area contributed by atoms with Crippen molar-refractivity contribution in [2.45, 2.75) is 296 Å². The standard InChI is InChI=1S/C75H128O16P2/c1-4-7-10-13-16-19-22-24-26-28-30-31-32-33-34-35-36-37-39-41-42-44-47-49-52-55-58-61-73(78)85-64-70(76)65-87-92(81,82)88-66-71(77)67-89-93(83,84)90-69-72(91-75(80)63-60-57-54-51-46-21-18-15-12-9-6-3)68-86-74(79)62-59-56-53-50-48-45-43-40-38-29-27-25-23-20-17-14-11-8-5-2/h7-8,10-11,16-17,19-20,24-27,30-31,33-34,38,40,45,48,70-72,76-77H,4-6,9,12-15,18,21-23,28-29,32,35-37,39,41-44,46-47,49-69H2,1-3H3,(H,81,82)(H,83,84)/b10-7-,11-8-,19-16-,20-17-,26-24-,27-25-,31-30-,34-33-,40-38-,48-45-. The topological polar surface area (TPSA) is 231 Å². The molecular weight excluding hydrogens is 1220 g/mol. The first-order valence-corrected chi connectivity index (χ1v) is 38.8. The minimum absolute atomic E-state index is 0.0973. The molecule has 534 valence electrons. The first-order chi connectivity index (χ1) is 45.2. The van der Waals surface area contributed by atoms with Crippen LogP contribution in [0.3, 0.4) is 0 Å². The van der Waals surface area contributed by atoms with Gasteiger partial charge in [-0.3, -0.25) is 32.5 Å². The number of aliphatic hydroxyl groups is 2. The van der Waals surface area contributed by atoms with Crippen molar-refractivity contribution in [2.75, 3.05) is 39.6 Å². The lowest BCUT2D eigenvalue weighted by molar-refractivity contribution is -0.161. The summed E-state index contributed by atoms with van der Waals surface area (Å²) in [5, 5.41) is 20.6. The molecule has 0 radical (unpaired) electrons. The molecule has 18 heteroatoms. The number of unbranched alkanes of at least 4 members (excludes halogenated alkanes) is 24. The molecule has 0 aromatic rings. The smallest absolute Gasteiger partial charge is 0.463 e. The third-order valence-corrected chi connectivity index (χ3v) is 16.6. The van der Waals surface area contributed by atoms with Crippen LogP contribution < -0.4 is 0 Å². The fraction of sp³-hybridized carbons (Fsp3) is 0.693. The van der Waals surface area contributed by atoms with E-state index in [1.54, 1.807) is 0 Å². The number of hydrogen-bond acceptors (Lipinski definition) is 14. The zero-order valence-corrected chi connectivity index (χ0v) is 59.7. The maximum Gasteiger partial charge on any atom is 0.472 e. The Bertz CT molecular complexity index is 2180.